The fourth-order valence-electron chi connectivity index (χ4n) is 2.97. The number of ether oxygens (including phenoxy) is 1. The van der Waals surface area contributed by atoms with Crippen LogP contribution in [-0.4, -0.2) is 34.1 Å². The van der Waals surface area contributed by atoms with E-state index in [4.69, 9.17) is 9.15 Å². The van der Waals surface area contributed by atoms with Crippen LogP contribution >= 0.6 is 0 Å². The van der Waals surface area contributed by atoms with Crippen LogP contribution in [0.2, 0.25) is 0 Å². The van der Waals surface area contributed by atoms with E-state index >= 15 is 0 Å². The van der Waals surface area contributed by atoms with E-state index in [0.29, 0.717) is 22.7 Å². The van der Waals surface area contributed by atoms with Crippen molar-refractivity contribution >= 4 is 33.4 Å². The monoisotopic (exact) mass is 471 g/mol. The van der Waals surface area contributed by atoms with Crippen molar-refractivity contribution in [1.82, 2.24) is 4.72 Å². The topological polar surface area (TPSA) is 118 Å². The maximum Gasteiger partial charge on any atom is 0.413 e. The molecule has 0 fully saturated rings. The lowest BCUT2D eigenvalue weighted by Gasteiger charge is -2.17. The Morgan fingerprint density at radius 3 is 2.45 bits per heavy atom. The summed E-state index contributed by atoms with van der Waals surface area (Å²) in [6.07, 6.45) is 0.975. The molecule has 3 rings (SSSR count). The highest BCUT2D eigenvalue weighted by Gasteiger charge is 2.19. The Bertz CT molecular complexity index is 1220. The zero-order valence-corrected chi connectivity index (χ0v) is 19.3. The molecule has 1 heterocycles. The standard InChI is InChI=1S/C23H25N3O6S/c1-4-31-23(28)26(3)18-10-8-17(9-11-18)25-22(27)21-14-20(12-7-16(21)2)33(29,30)24-15-19-6-5-13-32-19/h5-14,24H,4,15H2,1-3H3,(H,25,27). The van der Waals surface area contributed by atoms with E-state index in [-0.39, 0.29) is 23.6 Å². The molecule has 0 bridgehead atoms. The summed E-state index contributed by atoms with van der Waals surface area (Å²) in [7, 11) is -2.27. The molecule has 0 aliphatic carbocycles. The molecule has 0 saturated heterocycles. The molecule has 10 heteroatoms. The molecule has 0 saturated carbocycles. The number of hydrogen-bond acceptors (Lipinski definition) is 6. The van der Waals surface area contributed by atoms with Crippen molar-refractivity contribution in [3.05, 3.63) is 77.7 Å². The van der Waals surface area contributed by atoms with E-state index in [1.165, 1.54) is 23.3 Å². The zero-order chi connectivity index (χ0) is 24.0. The van der Waals surface area contributed by atoms with Crippen LogP contribution in [0, 0.1) is 6.92 Å². The Balaban J connectivity index is 1.72. The Hall–Kier alpha value is -3.63. The number of carbonyl (C=O) groups is 2. The highest BCUT2D eigenvalue weighted by molar-refractivity contribution is 7.89. The number of rotatable bonds is 8. The SMILES string of the molecule is CCOC(=O)N(C)c1ccc(NC(=O)c2cc(S(=O)(=O)NCc3ccco3)ccc2C)cc1. The highest BCUT2D eigenvalue weighted by Crippen LogP contribution is 2.21. The molecule has 0 aliphatic heterocycles. The van der Waals surface area contributed by atoms with Crippen LogP contribution in [0.15, 0.2) is 70.2 Å². The third kappa shape index (κ3) is 5.99. The van der Waals surface area contributed by atoms with Gasteiger partial charge in [-0.3, -0.25) is 9.69 Å². The molecule has 9 nitrogen and oxygen atoms in total. The van der Waals surface area contributed by atoms with Crippen molar-refractivity contribution in [2.45, 2.75) is 25.3 Å². The summed E-state index contributed by atoms with van der Waals surface area (Å²) in [5.74, 6) is 0.0165. The second-order valence-corrected chi connectivity index (χ2v) is 8.91. The van der Waals surface area contributed by atoms with Gasteiger partial charge in [0.2, 0.25) is 10.0 Å². The summed E-state index contributed by atoms with van der Waals surface area (Å²) in [4.78, 5) is 26.0. The molecule has 0 spiro atoms. The van der Waals surface area contributed by atoms with Gasteiger partial charge in [0.15, 0.2) is 0 Å². The van der Waals surface area contributed by atoms with Crippen molar-refractivity contribution in [1.29, 1.82) is 0 Å². The van der Waals surface area contributed by atoms with Crippen LogP contribution in [0.3, 0.4) is 0 Å². The predicted octanol–water partition coefficient (Wildman–Crippen LogP) is 3.91. The van der Waals surface area contributed by atoms with E-state index in [9.17, 15) is 18.0 Å². The molecule has 3 aromatic rings. The number of aryl methyl sites for hydroxylation is 1. The van der Waals surface area contributed by atoms with E-state index < -0.39 is 22.0 Å². The number of benzene rings is 2. The fraction of sp³-hybridized carbons (Fsp3) is 0.217. The van der Waals surface area contributed by atoms with E-state index in [1.807, 2.05) is 0 Å². The lowest BCUT2D eigenvalue weighted by Crippen LogP contribution is -2.26. The average Bonchev–Trinajstić information content (AvgIpc) is 3.32. The summed E-state index contributed by atoms with van der Waals surface area (Å²) < 4.78 is 37.8. The van der Waals surface area contributed by atoms with Crippen LogP contribution in [0.25, 0.3) is 0 Å². The molecule has 2 aromatic carbocycles. The number of nitrogens with zero attached hydrogens (tertiary/aromatic N) is 1. The van der Waals surface area contributed by atoms with E-state index in [0.717, 1.165) is 0 Å². The summed E-state index contributed by atoms with van der Waals surface area (Å²) >= 11 is 0. The highest BCUT2D eigenvalue weighted by atomic mass is 32.2. The molecule has 174 valence electrons. The molecule has 2 N–H and O–H groups in total. The maximum absolute atomic E-state index is 12.8. The van der Waals surface area contributed by atoms with Crippen molar-refractivity contribution in [3.63, 3.8) is 0 Å². The zero-order valence-electron chi connectivity index (χ0n) is 18.5. The lowest BCUT2D eigenvalue weighted by atomic mass is 10.1. The van der Waals surface area contributed by atoms with Gasteiger partial charge in [0, 0.05) is 24.0 Å². The van der Waals surface area contributed by atoms with Gasteiger partial charge in [-0.25, -0.2) is 17.9 Å². The minimum atomic E-state index is -3.85. The summed E-state index contributed by atoms with van der Waals surface area (Å²) in [6.45, 7) is 3.71. The molecule has 0 atom stereocenters. The number of carbonyl (C=O) groups excluding carboxylic acids is 2. The van der Waals surface area contributed by atoms with Gasteiger partial charge in [0.25, 0.3) is 5.91 Å². The number of furan rings is 1. The number of sulfonamides is 1. The van der Waals surface area contributed by atoms with Gasteiger partial charge in [-0.2, -0.15) is 0 Å². The normalized spacial score (nSPS) is 11.1. The van der Waals surface area contributed by atoms with Crippen LogP contribution in [0.1, 0.15) is 28.6 Å². The number of anilines is 2. The molecule has 0 aliphatic rings. The van der Waals surface area contributed by atoms with Crippen molar-refractivity contribution in [2.75, 3.05) is 23.9 Å². The molecule has 1 aromatic heterocycles. The number of nitrogens with one attached hydrogen (secondary N) is 2. The maximum atomic E-state index is 12.8. The fourth-order valence-corrected chi connectivity index (χ4v) is 3.99. The van der Waals surface area contributed by atoms with Gasteiger partial charge >= 0.3 is 6.09 Å². The Kier molecular flexibility index (Phi) is 7.52. The minimum absolute atomic E-state index is 0.00265. The number of hydrogen-bond donors (Lipinski definition) is 2. The Morgan fingerprint density at radius 2 is 1.82 bits per heavy atom. The number of amides is 2. The van der Waals surface area contributed by atoms with Gasteiger partial charge in [-0.1, -0.05) is 6.07 Å². The first-order valence-electron chi connectivity index (χ1n) is 10.2. The largest absolute Gasteiger partial charge is 0.468 e. The van der Waals surface area contributed by atoms with Crippen LogP contribution < -0.4 is 14.9 Å². The first kappa shape index (κ1) is 24.0. The van der Waals surface area contributed by atoms with Gasteiger partial charge in [-0.15, -0.1) is 0 Å². The third-order valence-corrected chi connectivity index (χ3v) is 6.23. The van der Waals surface area contributed by atoms with E-state index in [1.54, 1.807) is 63.4 Å². The summed E-state index contributed by atoms with van der Waals surface area (Å²) in [6, 6.07) is 14.3. The Labute approximate surface area is 192 Å². The van der Waals surface area contributed by atoms with Gasteiger partial charge in [0.05, 0.1) is 24.3 Å². The molecule has 33 heavy (non-hydrogen) atoms. The second-order valence-electron chi connectivity index (χ2n) is 7.14. The lowest BCUT2D eigenvalue weighted by molar-refractivity contribution is 0.102. The van der Waals surface area contributed by atoms with Gasteiger partial charge < -0.3 is 14.5 Å². The third-order valence-electron chi connectivity index (χ3n) is 4.83. The molecular weight excluding hydrogens is 446 g/mol. The van der Waals surface area contributed by atoms with E-state index in [2.05, 4.69) is 10.0 Å². The molecule has 2 amide bonds. The molecule has 0 radical (unpaired) electrons. The summed E-state index contributed by atoms with van der Waals surface area (Å²) in [5.41, 5.74) is 1.93. The van der Waals surface area contributed by atoms with Gasteiger partial charge in [0.1, 0.15) is 5.76 Å². The molecule has 0 unspecified atom stereocenters. The first-order valence-corrected chi connectivity index (χ1v) is 11.6. The first-order chi connectivity index (χ1) is 15.7. The Morgan fingerprint density at radius 1 is 1.09 bits per heavy atom. The smallest absolute Gasteiger partial charge is 0.413 e. The van der Waals surface area contributed by atoms with Crippen LogP contribution in [0.5, 0.6) is 0 Å². The quantitative estimate of drug-likeness (QED) is 0.514. The average molecular weight is 472 g/mol. The van der Waals surface area contributed by atoms with Crippen LogP contribution in [0.4, 0.5) is 16.2 Å². The molecular formula is C23H25N3O6S. The second kappa shape index (κ2) is 10.3. The van der Waals surface area contributed by atoms with Crippen molar-refractivity contribution in [3.8, 4) is 0 Å². The summed E-state index contributed by atoms with van der Waals surface area (Å²) in [5, 5.41) is 2.75. The van der Waals surface area contributed by atoms with Crippen molar-refractivity contribution in [2.24, 2.45) is 0 Å². The minimum Gasteiger partial charge on any atom is -0.468 e. The predicted molar refractivity (Wildman–Crippen MR) is 124 cm³/mol. The van der Waals surface area contributed by atoms with Gasteiger partial charge in [-0.05, 0) is 67.9 Å². The van der Waals surface area contributed by atoms with Crippen molar-refractivity contribution < 1.29 is 27.2 Å². The van der Waals surface area contributed by atoms with Crippen LogP contribution in [-0.2, 0) is 21.3 Å².